The van der Waals surface area contributed by atoms with E-state index in [0.29, 0.717) is 0 Å². The minimum Gasteiger partial charge on any atom is -0.303 e. The molecule has 0 spiro atoms. The average Bonchev–Trinajstić information content (AvgIpc) is 3.58. The van der Waals surface area contributed by atoms with Crippen LogP contribution in [-0.4, -0.2) is 46.3 Å². The molecule has 1 aliphatic heterocycles. The summed E-state index contributed by atoms with van der Waals surface area (Å²) >= 11 is 1.49. The van der Waals surface area contributed by atoms with Gasteiger partial charge >= 0.3 is 0 Å². The van der Waals surface area contributed by atoms with Gasteiger partial charge in [-0.1, -0.05) is 54.6 Å². The Labute approximate surface area is 198 Å². The van der Waals surface area contributed by atoms with Crippen molar-refractivity contribution < 1.29 is 4.79 Å². The lowest BCUT2D eigenvalue weighted by Crippen LogP contribution is -2.48. The first-order valence-corrected chi connectivity index (χ1v) is 12.4. The number of carbonyl (C=O) groups is 1. The molecule has 5 nitrogen and oxygen atoms in total. The minimum atomic E-state index is 0.0473. The Hall–Kier alpha value is -3.22. The Morgan fingerprint density at radius 2 is 1.67 bits per heavy atom. The van der Waals surface area contributed by atoms with Gasteiger partial charge in [-0.3, -0.25) is 9.69 Å². The summed E-state index contributed by atoms with van der Waals surface area (Å²) in [5.74, 6) is 0.769. The molecule has 0 aliphatic carbocycles. The van der Waals surface area contributed by atoms with Gasteiger partial charge in [0.1, 0.15) is 0 Å². The van der Waals surface area contributed by atoms with E-state index in [0.717, 1.165) is 55.3 Å². The van der Waals surface area contributed by atoms with Crippen molar-refractivity contribution in [1.29, 1.82) is 0 Å². The maximum absolute atomic E-state index is 13.5. The summed E-state index contributed by atoms with van der Waals surface area (Å²) in [7, 11) is 0. The second-order valence-electron chi connectivity index (χ2n) is 8.41. The molecule has 2 aromatic carbocycles. The predicted molar refractivity (Wildman–Crippen MR) is 134 cm³/mol. The van der Waals surface area contributed by atoms with Crippen molar-refractivity contribution in [3.63, 3.8) is 0 Å². The molecule has 6 heteroatoms. The zero-order valence-corrected chi connectivity index (χ0v) is 19.4. The third-order valence-corrected chi connectivity index (χ3v) is 7.13. The van der Waals surface area contributed by atoms with Crippen LogP contribution in [-0.2, 0) is 6.42 Å². The van der Waals surface area contributed by atoms with E-state index in [1.54, 1.807) is 0 Å². The van der Waals surface area contributed by atoms with Crippen LogP contribution in [0.15, 0.2) is 90.4 Å². The Kier molecular flexibility index (Phi) is 6.65. The number of benzene rings is 2. The van der Waals surface area contributed by atoms with Gasteiger partial charge in [0.15, 0.2) is 5.82 Å². The summed E-state index contributed by atoms with van der Waals surface area (Å²) < 4.78 is 1.85. The minimum absolute atomic E-state index is 0.0473. The zero-order chi connectivity index (χ0) is 22.5. The number of likely N-dealkylation sites (tertiary alicyclic amines) is 1. The third-order valence-electron chi connectivity index (χ3n) is 6.28. The molecule has 4 aromatic rings. The molecule has 2 aromatic heterocycles. The maximum atomic E-state index is 13.5. The summed E-state index contributed by atoms with van der Waals surface area (Å²) in [4.78, 5) is 18.7. The van der Waals surface area contributed by atoms with E-state index in [2.05, 4.69) is 35.2 Å². The van der Waals surface area contributed by atoms with E-state index in [9.17, 15) is 4.79 Å². The molecule has 1 saturated heterocycles. The summed E-state index contributed by atoms with van der Waals surface area (Å²) in [5, 5.41) is 6.75. The van der Waals surface area contributed by atoms with E-state index in [1.165, 1.54) is 16.9 Å². The monoisotopic (exact) mass is 456 g/mol. The normalized spacial score (nSPS) is 14.9. The van der Waals surface area contributed by atoms with Gasteiger partial charge < -0.3 is 4.90 Å². The number of thiophene rings is 1. The molecule has 0 atom stereocenters. The third kappa shape index (κ3) is 5.07. The van der Waals surface area contributed by atoms with Crippen molar-refractivity contribution in [1.82, 2.24) is 14.7 Å². The number of hydrogen-bond acceptors (Lipinski definition) is 4. The standard InChI is InChI=1S/C27H28N4OS/c32-27(25-12-7-21-33-25)31(26-16-20-30(28-26)23-10-5-2-6-11-23)24-14-18-29(19-15-24)17-13-22-8-3-1-4-9-22/h1-12,16,20-21,24H,13-15,17-19H2. The Bertz CT molecular complexity index is 1150. The molecular formula is C27H28N4OS. The number of carbonyl (C=O) groups excluding carboxylic acids is 1. The molecule has 33 heavy (non-hydrogen) atoms. The van der Waals surface area contributed by atoms with Gasteiger partial charge in [-0.25, -0.2) is 4.68 Å². The number of piperidine rings is 1. The average molecular weight is 457 g/mol. The van der Waals surface area contributed by atoms with E-state index in [-0.39, 0.29) is 11.9 Å². The summed E-state index contributed by atoms with van der Waals surface area (Å²) in [6.07, 6.45) is 4.90. The van der Waals surface area contributed by atoms with E-state index < -0.39 is 0 Å². The van der Waals surface area contributed by atoms with Gasteiger partial charge in [-0.05, 0) is 48.4 Å². The first-order valence-electron chi connectivity index (χ1n) is 11.5. The van der Waals surface area contributed by atoms with Crippen molar-refractivity contribution in [2.45, 2.75) is 25.3 Å². The second kappa shape index (κ2) is 10.1. The lowest BCUT2D eigenvalue weighted by atomic mass is 10.0. The Balaban J connectivity index is 1.31. The molecule has 1 fully saturated rings. The predicted octanol–water partition coefficient (Wildman–Crippen LogP) is 5.29. The van der Waals surface area contributed by atoms with E-state index in [4.69, 9.17) is 5.10 Å². The topological polar surface area (TPSA) is 41.4 Å². The molecule has 5 rings (SSSR count). The highest BCUT2D eigenvalue weighted by atomic mass is 32.1. The number of anilines is 1. The maximum Gasteiger partial charge on any atom is 0.269 e. The lowest BCUT2D eigenvalue weighted by Gasteiger charge is -2.37. The van der Waals surface area contributed by atoms with Gasteiger partial charge in [0.25, 0.3) is 5.91 Å². The Morgan fingerprint density at radius 1 is 0.939 bits per heavy atom. The molecule has 0 unspecified atom stereocenters. The van der Waals surface area contributed by atoms with Crippen LogP contribution in [0.3, 0.4) is 0 Å². The number of aromatic nitrogens is 2. The fourth-order valence-electron chi connectivity index (χ4n) is 4.48. The van der Waals surface area contributed by atoms with Gasteiger partial charge in [-0.2, -0.15) is 0 Å². The summed E-state index contributed by atoms with van der Waals surface area (Å²) in [6, 6.07) is 26.6. The van der Waals surface area contributed by atoms with Crippen LogP contribution >= 0.6 is 11.3 Å². The summed E-state index contributed by atoms with van der Waals surface area (Å²) in [5.41, 5.74) is 2.36. The molecule has 1 aliphatic rings. The fraction of sp³-hybridized carbons (Fsp3) is 0.259. The van der Waals surface area contributed by atoms with Crippen LogP contribution in [0, 0.1) is 0 Å². The second-order valence-corrected chi connectivity index (χ2v) is 9.36. The van der Waals surface area contributed by atoms with Gasteiger partial charge in [0.05, 0.1) is 10.6 Å². The molecule has 3 heterocycles. The zero-order valence-electron chi connectivity index (χ0n) is 18.6. The van der Waals surface area contributed by atoms with Crippen LogP contribution in [0.5, 0.6) is 0 Å². The number of rotatable bonds is 7. The number of hydrogen-bond donors (Lipinski definition) is 0. The molecule has 0 saturated carbocycles. The molecule has 0 bridgehead atoms. The van der Waals surface area contributed by atoms with Crippen LogP contribution in [0.4, 0.5) is 5.82 Å². The first-order chi connectivity index (χ1) is 16.3. The van der Waals surface area contributed by atoms with Crippen molar-refractivity contribution in [2.24, 2.45) is 0 Å². The molecule has 0 radical (unpaired) electrons. The highest BCUT2D eigenvalue weighted by Gasteiger charge is 2.31. The van der Waals surface area contributed by atoms with E-state index in [1.807, 2.05) is 69.7 Å². The number of amides is 1. The first kappa shape index (κ1) is 21.6. The smallest absolute Gasteiger partial charge is 0.269 e. The van der Waals surface area contributed by atoms with Crippen LogP contribution in [0.2, 0.25) is 0 Å². The summed E-state index contributed by atoms with van der Waals surface area (Å²) in [6.45, 7) is 3.04. The van der Waals surface area contributed by atoms with Gasteiger partial charge in [0, 0.05) is 37.9 Å². The van der Waals surface area contributed by atoms with E-state index >= 15 is 0 Å². The van der Waals surface area contributed by atoms with Crippen molar-refractivity contribution in [3.8, 4) is 5.69 Å². The molecule has 1 amide bonds. The quantitative estimate of drug-likeness (QED) is 0.380. The highest BCUT2D eigenvalue weighted by Crippen LogP contribution is 2.27. The van der Waals surface area contributed by atoms with Crippen LogP contribution in [0.25, 0.3) is 5.69 Å². The molecule has 0 N–H and O–H groups in total. The van der Waals surface area contributed by atoms with Crippen molar-refractivity contribution in [3.05, 3.63) is 101 Å². The van der Waals surface area contributed by atoms with Crippen LogP contribution in [0.1, 0.15) is 28.1 Å². The highest BCUT2D eigenvalue weighted by molar-refractivity contribution is 7.12. The SMILES string of the molecule is O=C(c1cccs1)N(c1ccn(-c2ccccc2)n1)C1CCN(CCc2ccccc2)CC1. The Morgan fingerprint density at radius 3 is 2.36 bits per heavy atom. The number of para-hydroxylation sites is 1. The van der Waals surface area contributed by atoms with Crippen LogP contribution < -0.4 is 4.90 Å². The largest absolute Gasteiger partial charge is 0.303 e. The molecule has 168 valence electrons. The van der Waals surface area contributed by atoms with Crippen molar-refractivity contribution in [2.75, 3.05) is 24.5 Å². The lowest BCUT2D eigenvalue weighted by molar-refractivity contribution is 0.0963. The number of nitrogens with zero attached hydrogens (tertiary/aromatic N) is 4. The van der Waals surface area contributed by atoms with Gasteiger partial charge in [0.2, 0.25) is 0 Å². The van der Waals surface area contributed by atoms with Gasteiger partial charge in [-0.15, -0.1) is 16.4 Å². The molecular weight excluding hydrogens is 428 g/mol. The fourth-order valence-corrected chi connectivity index (χ4v) is 5.14. The van der Waals surface area contributed by atoms with Crippen molar-refractivity contribution >= 4 is 23.1 Å².